The van der Waals surface area contributed by atoms with Crippen LogP contribution >= 0.6 is 15.9 Å². The van der Waals surface area contributed by atoms with Crippen molar-refractivity contribution in [2.75, 3.05) is 26.9 Å². The van der Waals surface area contributed by atoms with Crippen molar-refractivity contribution >= 4 is 15.9 Å². The summed E-state index contributed by atoms with van der Waals surface area (Å²) >= 11 is 3.40. The third kappa shape index (κ3) is 2.41. The van der Waals surface area contributed by atoms with E-state index in [2.05, 4.69) is 15.9 Å². The van der Waals surface area contributed by atoms with Crippen LogP contribution in [0, 0.1) is 0 Å². The van der Waals surface area contributed by atoms with Crippen LogP contribution in [0.1, 0.15) is 18.1 Å². The fourth-order valence-electron chi connectivity index (χ4n) is 1.91. The van der Waals surface area contributed by atoms with Crippen LogP contribution in [0.5, 0.6) is 17.2 Å². The molecule has 0 amide bonds. The molecule has 18 heavy (non-hydrogen) atoms. The van der Waals surface area contributed by atoms with Gasteiger partial charge in [-0.2, -0.15) is 0 Å². The minimum absolute atomic E-state index is 0.0859. The van der Waals surface area contributed by atoms with Gasteiger partial charge in [0, 0.05) is 19.0 Å². The number of aliphatic hydroxyl groups is 1. The van der Waals surface area contributed by atoms with Gasteiger partial charge in [0.1, 0.15) is 5.75 Å². The normalized spacial score (nSPS) is 16.0. The second-order valence-electron chi connectivity index (χ2n) is 3.93. The summed E-state index contributed by atoms with van der Waals surface area (Å²) in [4.78, 5) is 0. The lowest BCUT2D eigenvalue weighted by molar-refractivity contribution is 0.174. The molecule has 0 aliphatic carbocycles. The number of aliphatic hydroxyl groups excluding tert-OH is 1. The molecule has 1 unspecified atom stereocenters. The number of ether oxygens (including phenoxy) is 3. The Balaban J connectivity index is 2.60. The number of benzene rings is 1. The largest absolute Gasteiger partial charge is 0.495 e. The highest BCUT2D eigenvalue weighted by Gasteiger charge is 2.26. The fourth-order valence-corrected chi connectivity index (χ4v) is 2.49. The molecule has 1 aliphatic rings. The van der Waals surface area contributed by atoms with E-state index >= 15 is 0 Å². The van der Waals surface area contributed by atoms with Crippen molar-refractivity contribution in [2.45, 2.75) is 12.5 Å². The predicted octanol–water partition coefficient (Wildman–Crippen LogP) is 1.61. The number of halogens is 1. The van der Waals surface area contributed by atoms with Crippen molar-refractivity contribution in [3.63, 3.8) is 0 Å². The Bertz CT molecular complexity index is 439. The standard InChI is InChI=1S/C12H16BrNO4/c1-16-11-7(13)5-9-12(10(11)8(15)6-14)18-4-2-3-17-9/h5,8,15H,2-4,6,14H2,1H3. The first kappa shape index (κ1) is 13.5. The lowest BCUT2D eigenvalue weighted by Gasteiger charge is -2.20. The van der Waals surface area contributed by atoms with Gasteiger partial charge in [0.25, 0.3) is 0 Å². The Hall–Kier alpha value is -0.980. The Labute approximate surface area is 114 Å². The third-order valence-corrected chi connectivity index (χ3v) is 3.33. The van der Waals surface area contributed by atoms with E-state index in [-0.39, 0.29) is 6.54 Å². The zero-order chi connectivity index (χ0) is 13.1. The molecule has 1 heterocycles. The van der Waals surface area contributed by atoms with Gasteiger partial charge in [-0.15, -0.1) is 0 Å². The number of methoxy groups -OCH3 is 1. The summed E-state index contributed by atoms with van der Waals surface area (Å²) in [7, 11) is 1.54. The summed E-state index contributed by atoms with van der Waals surface area (Å²) in [5.74, 6) is 1.64. The molecule has 1 aromatic rings. The maximum absolute atomic E-state index is 10.1. The van der Waals surface area contributed by atoms with Crippen molar-refractivity contribution in [2.24, 2.45) is 5.73 Å². The quantitative estimate of drug-likeness (QED) is 0.886. The van der Waals surface area contributed by atoms with E-state index in [1.54, 1.807) is 6.07 Å². The molecule has 5 nitrogen and oxygen atoms in total. The third-order valence-electron chi connectivity index (χ3n) is 2.74. The number of fused-ring (bicyclic) bond motifs is 1. The average molecular weight is 318 g/mol. The van der Waals surface area contributed by atoms with Crippen LogP contribution in [0.25, 0.3) is 0 Å². The number of hydrogen-bond acceptors (Lipinski definition) is 5. The van der Waals surface area contributed by atoms with E-state index in [0.29, 0.717) is 40.5 Å². The highest BCUT2D eigenvalue weighted by Crippen LogP contribution is 2.46. The average Bonchev–Trinajstić information content (AvgIpc) is 2.61. The van der Waals surface area contributed by atoms with Crippen molar-refractivity contribution in [3.8, 4) is 17.2 Å². The molecule has 3 N–H and O–H groups in total. The summed E-state index contributed by atoms with van der Waals surface area (Å²) < 4.78 is 17.3. The van der Waals surface area contributed by atoms with Gasteiger partial charge in [-0.1, -0.05) is 0 Å². The Morgan fingerprint density at radius 1 is 1.50 bits per heavy atom. The van der Waals surface area contributed by atoms with E-state index in [9.17, 15) is 5.11 Å². The fraction of sp³-hybridized carbons (Fsp3) is 0.500. The van der Waals surface area contributed by atoms with Crippen LogP contribution in [0.3, 0.4) is 0 Å². The van der Waals surface area contributed by atoms with Gasteiger partial charge < -0.3 is 25.1 Å². The van der Waals surface area contributed by atoms with Gasteiger partial charge >= 0.3 is 0 Å². The van der Waals surface area contributed by atoms with E-state index < -0.39 is 6.10 Å². The first-order valence-electron chi connectivity index (χ1n) is 5.73. The Kier molecular flexibility index (Phi) is 4.31. The first-order chi connectivity index (χ1) is 8.69. The minimum Gasteiger partial charge on any atom is -0.495 e. The molecule has 2 rings (SSSR count). The van der Waals surface area contributed by atoms with Crippen LogP contribution in [-0.2, 0) is 0 Å². The summed E-state index contributed by atoms with van der Waals surface area (Å²) in [6.07, 6.45) is -0.0554. The van der Waals surface area contributed by atoms with Crippen LogP contribution in [0.4, 0.5) is 0 Å². The van der Waals surface area contributed by atoms with Crippen molar-refractivity contribution in [1.29, 1.82) is 0 Å². The molecule has 1 aliphatic heterocycles. The van der Waals surface area contributed by atoms with Crippen molar-refractivity contribution < 1.29 is 19.3 Å². The molecule has 0 fully saturated rings. The Morgan fingerprint density at radius 3 is 2.89 bits per heavy atom. The molecular weight excluding hydrogens is 302 g/mol. The van der Waals surface area contributed by atoms with Gasteiger partial charge in [0.15, 0.2) is 11.5 Å². The van der Waals surface area contributed by atoms with Gasteiger partial charge in [-0.3, -0.25) is 0 Å². The lowest BCUT2D eigenvalue weighted by atomic mass is 10.1. The van der Waals surface area contributed by atoms with E-state index in [1.165, 1.54) is 7.11 Å². The molecule has 0 aromatic heterocycles. The maximum atomic E-state index is 10.1. The summed E-state index contributed by atoms with van der Waals surface area (Å²) in [5, 5.41) is 10.1. The van der Waals surface area contributed by atoms with E-state index in [4.69, 9.17) is 19.9 Å². The molecule has 0 spiro atoms. The predicted molar refractivity (Wildman–Crippen MR) is 70.3 cm³/mol. The maximum Gasteiger partial charge on any atom is 0.170 e. The molecule has 1 atom stereocenters. The monoisotopic (exact) mass is 317 g/mol. The first-order valence-corrected chi connectivity index (χ1v) is 6.52. The van der Waals surface area contributed by atoms with Crippen LogP contribution in [-0.4, -0.2) is 32.0 Å². The summed E-state index contributed by atoms with van der Waals surface area (Å²) in [6.45, 7) is 1.22. The van der Waals surface area contributed by atoms with E-state index in [0.717, 1.165) is 6.42 Å². The topological polar surface area (TPSA) is 73.9 Å². The van der Waals surface area contributed by atoms with Crippen molar-refractivity contribution in [3.05, 3.63) is 16.1 Å². The van der Waals surface area contributed by atoms with Crippen molar-refractivity contribution in [1.82, 2.24) is 0 Å². The molecule has 100 valence electrons. The second-order valence-corrected chi connectivity index (χ2v) is 4.79. The van der Waals surface area contributed by atoms with Crippen LogP contribution < -0.4 is 19.9 Å². The van der Waals surface area contributed by atoms with Crippen LogP contribution in [0.2, 0.25) is 0 Å². The van der Waals surface area contributed by atoms with Gasteiger partial charge in [0.05, 0.1) is 36.5 Å². The number of nitrogens with two attached hydrogens (primary N) is 1. The van der Waals surface area contributed by atoms with Gasteiger partial charge in [0.2, 0.25) is 0 Å². The molecule has 0 saturated carbocycles. The molecule has 6 heteroatoms. The molecule has 0 saturated heterocycles. The summed E-state index contributed by atoms with van der Waals surface area (Å²) in [5.41, 5.74) is 6.07. The van der Waals surface area contributed by atoms with Crippen LogP contribution in [0.15, 0.2) is 10.5 Å². The summed E-state index contributed by atoms with van der Waals surface area (Å²) in [6, 6.07) is 1.78. The molecule has 1 aromatic carbocycles. The minimum atomic E-state index is -0.854. The molecular formula is C12H16BrNO4. The Morgan fingerprint density at radius 2 is 2.22 bits per heavy atom. The van der Waals surface area contributed by atoms with E-state index in [1.807, 2.05) is 0 Å². The number of rotatable bonds is 3. The smallest absolute Gasteiger partial charge is 0.170 e. The zero-order valence-corrected chi connectivity index (χ0v) is 11.7. The highest BCUT2D eigenvalue weighted by atomic mass is 79.9. The molecule has 0 radical (unpaired) electrons. The van der Waals surface area contributed by atoms with Gasteiger partial charge in [-0.25, -0.2) is 0 Å². The number of hydrogen-bond donors (Lipinski definition) is 2. The van der Waals surface area contributed by atoms with Gasteiger partial charge in [-0.05, 0) is 15.9 Å². The highest BCUT2D eigenvalue weighted by molar-refractivity contribution is 9.10. The SMILES string of the molecule is COc1c(Br)cc2c(c1C(O)CN)OCCCO2. The molecule has 0 bridgehead atoms. The second kappa shape index (κ2) is 5.77. The lowest BCUT2D eigenvalue weighted by Crippen LogP contribution is -2.14. The zero-order valence-electron chi connectivity index (χ0n) is 10.1.